The number of phenols is 1. The van der Waals surface area contributed by atoms with Crippen LogP contribution in [0.5, 0.6) is 5.75 Å². The van der Waals surface area contributed by atoms with Crippen LogP contribution >= 0.6 is 0 Å². The van der Waals surface area contributed by atoms with Crippen molar-refractivity contribution in [3.63, 3.8) is 0 Å². The third-order valence-corrected chi connectivity index (χ3v) is 4.64. The van der Waals surface area contributed by atoms with E-state index in [1.807, 2.05) is 6.92 Å². The quantitative estimate of drug-likeness (QED) is 0.678. The Bertz CT molecular complexity index is 783. The van der Waals surface area contributed by atoms with Gasteiger partial charge in [0.1, 0.15) is 16.7 Å². The molecule has 0 amide bonds. The van der Waals surface area contributed by atoms with Crippen molar-refractivity contribution in [1.29, 1.82) is 0 Å². The smallest absolute Gasteiger partial charge is 0.322 e. The molecule has 0 unspecified atom stereocenters. The maximum absolute atomic E-state index is 12.3. The van der Waals surface area contributed by atoms with Gasteiger partial charge in [-0.25, -0.2) is 8.42 Å². The van der Waals surface area contributed by atoms with Crippen LogP contribution in [0, 0.1) is 0 Å². The highest BCUT2D eigenvalue weighted by molar-refractivity contribution is 7.89. The molecular formula is C14H17N3O5S. The molecule has 1 atom stereocenters. The molecule has 124 valence electrons. The Morgan fingerprint density at radius 3 is 2.52 bits per heavy atom. The van der Waals surface area contributed by atoms with Crippen LogP contribution in [0.1, 0.15) is 12.5 Å². The molecule has 1 heterocycles. The van der Waals surface area contributed by atoms with Crippen molar-refractivity contribution >= 4 is 16.0 Å². The number of rotatable bonds is 7. The number of hydrogen-bond acceptors (Lipinski definition) is 5. The lowest BCUT2D eigenvalue weighted by Gasteiger charge is -2.14. The molecule has 0 bridgehead atoms. The number of aliphatic carboxylic acids is 1. The number of sulfonamides is 1. The maximum atomic E-state index is 12.3. The highest BCUT2D eigenvalue weighted by Crippen LogP contribution is 2.13. The number of carboxylic acid groups (broad SMARTS) is 1. The maximum Gasteiger partial charge on any atom is 0.322 e. The van der Waals surface area contributed by atoms with Crippen LogP contribution in [0.3, 0.4) is 0 Å². The van der Waals surface area contributed by atoms with Crippen LogP contribution in [0.4, 0.5) is 0 Å². The summed E-state index contributed by atoms with van der Waals surface area (Å²) in [5.41, 5.74) is 0.585. The minimum atomic E-state index is -3.99. The highest BCUT2D eigenvalue weighted by atomic mass is 32.2. The lowest BCUT2D eigenvalue weighted by molar-refractivity contribution is -0.138. The molecule has 0 radical (unpaired) electrons. The van der Waals surface area contributed by atoms with Crippen molar-refractivity contribution in [2.24, 2.45) is 0 Å². The van der Waals surface area contributed by atoms with E-state index >= 15 is 0 Å². The van der Waals surface area contributed by atoms with Gasteiger partial charge < -0.3 is 10.2 Å². The SMILES string of the molecule is CCn1cc(S(=O)(=O)N[C@@H](Cc2ccc(O)cc2)C(=O)O)cn1. The molecule has 0 saturated carbocycles. The summed E-state index contributed by atoms with van der Waals surface area (Å²) in [6.45, 7) is 2.31. The lowest BCUT2D eigenvalue weighted by Crippen LogP contribution is -2.42. The average molecular weight is 339 g/mol. The molecule has 3 N–H and O–H groups in total. The van der Waals surface area contributed by atoms with E-state index in [9.17, 15) is 23.4 Å². The van der Waals surface area contributed by atoms with Crippen LogP contribution in [0.15, 0.2) is 41.6 Å². The third kappa shape index (κ3) is 4.30. The van der Waals surface area contributed by atoms with E-state index in [1.165, 1.54) is 41.3 Å². The first-order chi connectivity index (χ1) is 10.8. The fraction of sp³-hybridized carbons (Fsp3) is 0.286. The Kier molecular flexibility index (Phi) is 5.02. The highest BCUT2D eigenvalue weighted by Gasteiger charge is 2.26. The molecule has 1 aromatic carbocycles. The number of carboxylic acids is 1. The van der Waals surface area contributed by atoms with Crippen molar-refractivity contribution < 1.29 is 23.4 Å². The van der Waals surface area contributed by atoms with E-state index in [4.69, 9.17) is 0 Å². The number of hydrogen-bond donors (Lipinski definition) is 3. The van der Waals surface area contributed by atoms with Crippen molar-refractivity contribution in [2.75, 3.05) is 0 Å². The van der Waals surface area contributed by atoms with Gasteiger partial charge in [-0.3, -0.25) is 9.48 Å². The third-order valence-electron chi connectivity index (χ3n) is 3.22. The molecule has 0 aliphatic carbocycles. The van der Waals surface area contributed by atoms with Gasteiger partial charge in [0.2, 0.25) is 10.0 Å². The zero-order chi connectivity index (χ0) is 17.0. The van der Waals surface area contributed by atoms with Crippen molar-refractivity contribution in [1.82, 2.24) is 14.5 Å². The molecule has 2 rings (SSSR count). The Morgan fingerprint density at radius 1 is 1.35 bits per heavy atom. The van der Waals surface area contributed by atoms with Gasteiger partial charge in [0, 0.05) is 12.7 Å². The summed E-state index contributed by atoms with van der Waals surface area (Å²) >= 11 is 0. The fourth-order valence-electron chi connectivity index (χ4n) is 1.96. The predicted molar refractivity (Wildman–Crippen MR) is 81.5 cm³/mol. The van der Waals surface area contributed by atoms with E-state index < -0.39 is 22.0 Å². The lowest BCUT2D eigenvalue weighted by atomic mass is 10.1. The zero-order valence-electron chi connectivity index (χ0n) is 12.4. The number of benzene rings is 1. The van der Waals surface area contributed by atoms with Gasteiger partial charge in [-0.1, -0.05) is 12.1 Å². The fourth-order valence-corrected chi connectivity index (χ4v) is 3.10. The van der Waals surface area contributed by atoms with Crippen molar-refractivity contribution in [3.05, 3.63) is 42.2 Å². The predicted octanol–water partition coefficient (Wildman–Crippen LogP) is 0.583. The summed E-state index contributed by atoms with van der Waals surface area (Å²) in [5.74, 6) is -1.24. The van der Waals surface area contributed by atoms with Gasteiger partial charge in [-0.05, 0) is 31.0 Å². The van der Waals surface area contributed by atoms with Crippen LogP contribution in [-0.4, -0.2) is 40.4 Å². The van der Waals surface area contributed by atoms with Crippen LogP contribution in [0.2, 0.25) is 0 Å². The second kappa shape index (κ2) is 6.80. The van der Waals surface area contributed by atoms with Crippen LogP contribution in [-0.2, 0) is 27.8 Å². The number of aryl methyl sites for hydroxylation is 1. The second-order valence-electron chi connectivity index (χ2n) is 4.91. The van der Waals surface area contributed by atoms with Crippen molar-refractivity contribution in [3.8, 4) is 5.75 Å². The van der Waals surface area contributed by atoms with Gasteiger partial charge in [0.15, 0.2) is 0 Å². The minimum absolute atomic E-state index is 0.0449. The molecule has 9 heteroatoms. The number of nitrogens with zero attached hydrogens (tertiary/aromatic N) is 2. The molecule has 0 saturated heterocycles. The normalized spacial score (nSPS) is 12.9. The van der Waals surface area contributed by atoms with Gasteiger partial charge in [-0.15, -0.1) is 0 Å². The van der Waals surface area contributed by atoms with Gasteiger partial charge in [0.25, 0.3) is 0 Å². The monoisotopic (exact) mass is 339 g/mol. The minimum Gasteiger partial charge on any atom is -0.508 e. The second-order valence-corrected chi connectivity index (χ2v) is 6.63. The topological polar surface area (TPSA) is 122 Å². The Labute approximate surface area is 133 Å². The number of aromatic hydroxyl groups is 1. The van der Waals surface area contributed by atoms with E-state index in [1.54, 1.807) is 0 Å². The van der Waals surface area contributed by atoms with Gasteiger partial charge in [0.05, 0.1) is 6.20 Å². The average Bonchev–Trinajstić information content (AvgIpc) is 2.98. The molecule has 0 aliphatic heterocycles. The summed E-state index contributed by atoms with van der Waals surface area (Å²) < 4.78 is 28.1. The first-order valence-electron chi connectivity index (χ1n) is 6.87. The Balaban J connectivity index is 2.18. The summed E-state index contributed by atoms with van der Waals surface area (Å²) in [4.78, 5) is 11.3. The standard InChI is InChI=1S/C14H17N3O5S/c1-2-17-9-12(8-15-17)23(21,22)16-13(14(19)20)7-10-3-5-11(18)6-4-10/h3-6,8-9,13,16,18H,2,7H2,1H3,(H,19,20)/t13-/m0/s1. The summed E-state index contributed by atoms with van der Waals surface area (Å²) in [6, 6.07) is 4.57. The summed E-state index contributed by atoms with van der Waals surface area (Å²) in [5, 5.41) is 22.3. The molecular weight excluding hydrogens is 322 g/mol. The molecule has 0 spiro atoms. The van der Waals surface area contributed by atoms with Crippen LogP contribution < -0.4 is 4.72 Å². The number of nitrogens with one attached hydrogen (secondary N) is 1. The largest absolute Gasteiger partial charge is 0.508 e. The van der Waals surface area contributed by atoms with Gasteiger partial charge in [-0.2, -0.15) is 9.82 Å². The molecule has 1 aromatic heterocycles. The van der Waals surface area contributed by atoms with Gasteiger partial charge >= 0.3 is 5.97 Å². The Hall–Kier alpha value is -2.39. The Morgan fingerprint density at radius 2 is 2.00 bits per heavy atom. The van der Waals surface area contributed by atoms with E-state index in [-0.39, 0.29) is 17.1 Å². The number of aromatic nitrogens is 2. The van der Waals surface area contributed by atoms with Crippen LogP contribution in [0.25, 0.3) is 0 Å². The zero-order valence-corrected chi connectivity index (χ0v) is 13.2. The summed E-state index contributed by atoms with van der Waals surface area (Å²) in [6.07, 6.45) is 2.46. The molecule has 0 aliphatic rings. The van der Waals surface area contributed by atoms with E-state index in [2.05, 4.69) is 9.82 Å². The number of phenolic OH excluding ortho intramolecular Hbond substituents is 1. The molecule has 23 heavy (non-hydrogen) atoms. The van der Waals surface area contributed by atoms with E-state index in [0.29, 0.717) is 12.1 Å². The molecule has 2 aromatic rings. The summed E-state index contributed by atoms with van der Waals surface area (Å²) in [7, 11) is -3.99. The number of carbonyl (C=O) groups is 1. The van der Waals surface area contributed by atoms with Crippen molar-refractivity contribution in [2.45, 2.75) is 30.8 Å². The first kappa shape index (κ1) is 17.0. The van der Waals surface area contributed by atoms with E-state index in [0.717, 1.165) is 0 Å². The molecule has 8 nitrogen and oxygen atoms in total. The first-order valence-corrected chi connectivity index (χ1v) is 8.35. The molecule has 0 fully saturated rings.